The van der Waals surface area contributed by atoms with Crippen LogP contribution >= 0.6 is 0 Å². The van der Waals surface area contributed by atoms with Crippen molar-refractivity contribution in [3.63, 3.8) is 0 Å². The number of nitrogen functional groups attached to an aromatic ring is 1. The Balaban J connectivity index is 0. The molecule has 0 saturated carbocycles. The van der Waals surface area contributed by atoms with Gasteiger partial charge in [-0.15, -0.1) is 0 Å². The molecule has 0 aliphatic heterocycles. The van der Waals surface area contributed by atoms with Gasteiger partial charge in [0.1, 0.15) is 5.82 Å². The van der Waals surface area contributed by atoms with E-state index >= 15 is 0 Å². The molecule has 0 aliphatic rings. The molecule has 2 N–H and O–H groups in total. The third-order valence-electron chi connectivity index (χ3n) is 3.02. The van der Waals surface area contributed by atoms with Crippen LogP contribution in [0.4, 0.5) is 11.5 Å². The molecule has 0 radical (unpaired) electrons. The standard InChI is InChI=1S/C15H26N4.C3H8.C2H6/c1-6-8-19(9-7-2)13-10-14(12(3)18(4)5)17-15(16)11-13;1-3-2;1-2/h10-11H,3,6-9H2,1-2,4-5H3,(H2,16,17);3H2,1-2H3;1-2H3. The third kappa shape index (κ3) is 9.43. The predicted molar refractivity (Wildman–Crippen MR) is 111 cm³/mol. The smallest absolute Gasteiger partial charge is 0.126 e. The molecule has 0 saturated heterocycles. The van der Waals surface area contributed by atoms with E-state index in [0.29, 0.717) is 5.82 Å². The fraction of sp³-hybridized carbons (Fsp3) is 0.650. The number of nitrogens with two attached hydrogens (primary N) is 1. The van der Waals surface area contributed by atoms with Crippen LogP contribution in [0.25, 0.3) is 5.70 Å². The Kier molecular flexibility index (Phi) is 15.2. The highest BCUT2D eigenvalue weighted by Crippen LogP contribution is 2.23. The summed E-state index contributed by atoms with van der Waals surface area (Å²) in [7, 11) is 3.92. The zero-order valence-corrected chi connectivity index (χ0v) is 17.3. The molecular formula is C20H40N4. The first kappa shape index (κ1) is 24.5. The molecule has 1 heterocycles. The number of nitrogens with zero attached hydrogens (tertiary/aromatic N) is 3. The molecule has 1 aromatic rings. The lowest BCUT2D eigenvalue weighted by atomic mass is 10.2. The number of rotatable bonds is 7. The summed E-state index contributed by atoms with van der Waals surface area (Å²) in [6.07, 6.45) is 3.48. The summed E-state index contributed by atoms with van der Waals surface area (Å²) in [5.41, 5.74) is 8.78. The number of aromatic nitrogens is 1. The summed E-state index contributed by atoms with van der Waals surface area (Å²) in [6.45, 7) is 18.7. The molecule has 1 aromatic heterocycles. The van der Waals surface area contributed by atoms with Gasteiger partial charge in [0.15, 0.2) is 0 Å². The van der Waals surface area contributed by atoms with Crippen molar-refractivity contribution < 1.29 is 0 Å². The van der Waals surface area contributed by atoms with E-state index in [4.69, 9.17) is 5.73 Å². The Morgan fingerprint density at radius 2 is 1.50 bits per heavy atom. The molecule has 0 amide bonds. The average molecular weight is 337 g/mol. The first-order valence-corrected chi connectivity index (χ1v) is 9.30. The highest BCUT2D eigenvalue weighted by molar-refractivity contribution is 5.66. The minimum absolute atomic E-state index is 0.549. The molecule has 1 rings (SSSR count). The van der Waals surface area contributed by atoms with Gasteiger partial charge in [-0.3, -0.25) is 0 Å². The van der Waals surface area contributed by atoms with E-state index in [0.717, 1.165) is 43.0 Å². The lowest BCUT2D eigenvalue weighted by molar-refractivity contribution is 0.590. The minimum Gasteiger partial charge on any atom is -0.384 e. The van der Waals surface area contributed by atoms with Crippen molar-refractivity contribution >= 4 is 17.2 Å². The summed E-state index contributed by atoms with van der Waals surface area (Å²) >= 11 is 0. The van der Waals surface area contributed by atoms with Crippen LogP contribution < -0.4 is 10.6 Å². The zero-order chi connectivity index (χ0) is 19.1. The third-order valence-corrected chi connectivity index (χ3v) is 3.02. The Bertz CT molecular complexity index is 435. The summed E-state index contributed by atoms with van der Waals surface area (Å²) in [6, 6.07) is 4.02. The van der Waals surface area contributed by atoms with Crippen molar-refractivity contribution in [2.75, 3.05) is 37.8 Å². The maximum Gasteiger partial charge on any atom is 0.126 e. The van der Waals surface area contributed by atoms with Gasteiger partial charge in [0.05, 0.1) is 11.4 Å². The van der Waals surface area contributed by atoms with Crippen LogP contribution in [0.2, 0.25) is 0 Å². The van der Waals surface area contributed by atoms with Crippen LogP contribution in [-0.2, 0) is 0 Å². The summed E-state index contributed by atoms with van der Waals surface area (Å²) < 4.78 is 0. The van der Waals surface area contributed by atoms with Crippen LogP contribution in [-0.4, -0.2) is 37.1 Å². The molecule has 140 valence electrons. The second kappa shape index (κ2) is 14.9. The van der Waals surface area contributed by atoms with Crippen molar-refractivity contribution in [3.8, 4) is 0 Å². The molecule has 0 spiro atoms. The first-order valence-electron chi connectivity index (χ1n) is 9.30. The minimum atomic E-state index is 0.549. The average Bonchev–Trinajstić information content (AvgIpc) is 2.56. The lowest BCUT2D eigenvalue weighted by Crippen LogP contribution is -2.25. The molecule has 24 heavy (non-hydrogen) atoms. The molecule has 0 atom stereocenters. The second-order valence-corrected chi connectivity index (χ2v) is 5.67. The molecule has 0 unspecified atom stereocenters. The maximum absolute atomic E-state index is 5.93. The predicted octanol–water partition coefficient (Wildman–Crippen LogP) is 5.27. The number of hydrogen-bond donors (Lipinski definition) is 1. The van der Waals surface area contributed by atoms with Gasteiger partial charge in [-0.2, -0.15) is 0 Å². The van der Waals surface area contributed by atoms with E-state index in [9.17, 15) is 0 Å². The van der Waals surface area contributed by atoms with Gasteiger partial charge < -0.3 is 15.5 Å². The van der Waals surface area contributed by atoms with Crippen molar-refractivity contribution in [2.24, 2.45) is 0 Å². The van der Waals surface area contributed by atoms with E-state index in [1.165, 1.54) is 6.42 Å². The van der Waals surface area contributed by atoms with E-state index < -0.39 is 0 Å². The summed E-state index contributed by atoms with van der Waals surface area (Å²) in [5, 5.41) is 0. The van der Waals surface area contributed by atoms with E-state index in [1.807, 2.05) is 38.9 Å². The monoisotopic (exact) mass is 336 g/mol. The molecule has 0 bridgehead atoms. The number of hydrogen-bond acceptors (Lipinski definition) is 4. The molecule has 0 aliphatic carbocycles. The molecular weight excluding hydrogens is 296 g/mol. The van der Waals surface area contributed by atoms with Crippen LogP contribution in [0.1, 0.15) is 66.5 Å². The maximum atomic E-state index is 5.93. The van der Waals surface area contributed by atoms with Gasteiger partial charge in [-0.25, -0.2) is 4.98 Å². The normalized spacial score (nSPS) is 9.17. The summed E-state index contributed by atoms with van der Waals surface area (Å²) in [4.78, 5) is 8.67. The molecule has 4 heteroatoms. The van der Waals surface area contributed by atoms with Crippen LogP contribution in [0.5, 0.6) is 0 Å². The Labute approximate surface area is 150 Å². The first-order chi connectivity index (χ1) is 11.4. The van der Waals surface area contributed by atoms with Crippen molar-refractivity contribution in [1.82, 2.24) is 9.88 Å². The van der Waals surface area contributed by atoms with Crippen molar-refractivity contribution in [2.45, 2.75) is 60.8 Å². The highest BCUT2D eigenvalue weighted by atomic mass is 15.1. The lowest BCUT2D eigenvalue weighted by Gasteiger charge is -2.25. The van der Waals surface area contributed by atoms with Crippen LogP contribution in [0.3, 0.4) is 0 Å². The van der Waals surface area contributed by atoms with Crippen molar-refractivity contribution in [1.29, 1.82) is 0 Å². The Morgan fingerprint density at radius 1 is 1.04 bits per heavy atom. The fourth-order valence-electron chi connectivity index (χ4n) is 2.01. The van der Waals surface area contributed by atoms with Crippen molar-refractivity contribution in [3.05, 3.63) is 24.4 Å². The van der Waals surface area contributed by atoms with Gasteiger partial charge in [0, 0.05) is 38.9 Å². The number of anilines is 2. The zero-order valence-electron chi connectivity index (χ0n) is 17.3. The van der Waals surface area contributed by atoms with Gasteiger partial charge in [-0.1, -0.05) is 54.5 Å². The Hall–Kier alpha value is -1.71. The van der Waals surface area contributed by atoms with E-state index in [-0.39, 0.29) is 0 Å². The van der Waals surface area contributed by atoms with Gasteiger partial charge in [0.2, 0.25) is 0 Å². The Morgan fingerprint density at radius 3 is 1.88 bits per heavy atom. The fourth-order valence-corrected chi connectivity index (χ4v) is 2.01. The highest BCUT2D eigenvalue weighted by Gasteiger charge is 2.10. The quantitative estimate of drug-likeness (QED) is 0.737. The molecule has 0 aromatic carbocycles. The number of pyridine rings is 1. The molecule has 4 nitrogen and oxygen atoms in total. The summed E-state index contributed by atoms with van der Waals surface area (Å²) in [5.74, 6) is 0.549. The van der Waals surface area contributed by atoms with Gasteiger partial charge in [0.25, 0.3) is 0 Å². The van der Waals surface area contributed by atoms with Crippen LogP contribution in [0.15, 0.2) is 18.7 Å². The van der Waals surface area contributed by atoms with Gasteiger partial charge in [-0.05, 0) is 18.9 Å². The largest absolute Gasteiger partial charge is 0.384 e. The molecule has 0 fully saturated rings. The van der Waals surface area contributed by atoms with Crippen LogP contribution in [0, 0.1) is 0 Å². The SMILES string of the molecule is C=C(c1cc(N(CCC)CCC)cc(N)n1)N(C)C.CC.CCC. The van der Waals surface area contributed by atoms with E-state index in [1.54, 1.807) is 0 Å². The topological polar surface area (TPSA) is 45.4 Å². The van der Waals surface area contributed by atoms with Gasteiger partial charge >= 0.3 is 0 Å². The van der Waals surface area contributed by atoms with E-state index in [2.05, 4.69) is 50.2 Å². The second-order valence-electron chi connectivity index (χ2n) is 5.67.